The van der Waals surface area contributed by atoms with Gasteiger partial charge in [0.05, 0.1) is 17.8 Å². The molecular formula is C19H26N4O3. The Hall–Kier alpha value is -2.41. The van der Waals surface area contributed by atoms with E-state index in [1.807, 2.05) is 4.90 Å². The van der Waals surface area contributed by atoms with Gasteiger partial charge in [-0.25, -0.2) is 0 Å². The molecule has 0 saturated carbocycles. The largest absolute Gasteiger partial charge is 0.366 e. The number of nitrogens with two attached hydrogens (primary N) is 1. The monoisotopic (exact) mass is 358 g/mol. The molecule has 2 heterocycles. The van der Waals surface area contributed by atoms with Crippen LogP contribution in [0.3, 0.4) is 0 Å². The summed E-state index contributed by atoms with van der Waals surface area (Å²) in [4.78, 5) is 40.2. The van der Waals surface area contributed by atoms with Crippen molar-refractivity contribution in [2.75, 3.05) is 38.0 Å². The molecule has 0 radical (unpaired) electrons. The maximum absolute atomic E-state index is 12.5. The first-order valence-electron chi connectivity index (χ1n) is 9.24. The van der Waals surface area contributed by atoms with E-state index >= 15 is 0 Å². The van der Waals surface area contributed by atoms with E-state index in [0.717, 1.165) is 51.9 Å². The van der Waals surface area contributed by atoms with Crippen molar-refractivity contribution in [3.05, 3.63) is 29.8 Å². The first kappa shape index (κ1) is 18.4. The van der Waals surface area contributed by atoms with Gasteiger partial charge in [0.15, 0.2) is 0 Å². The smallest absolute Gasteiger partial charge is 0.250 e. The van der Waals surface area contributed by atoms with Gasteiger partial charge >= 0.3 is 0 Å². The van der Waals surface area contributed by atoms with Crippen LogP contribution in [0.25, 0.3) is 0 Å². The molecule has 3 N–H and O–H groups in total. The van der Waals surface area contributed by atoms with Gasteiger partial charge in [-0.15, -0.1) is 0 Å². The fourth-order valence-electron chi connectivity index (χ4n) is 3.73. The lowest BCUT2D eigenvalue weighted by atomic mass is 9.95. The van der Waals surface area contributed by atoms with Crippen LogP contribution in [0.5, 0.6) is 0 Å². The molecule has 0 unspecified atom stereocenters. The molecule has 0 aromatic heterocycles. The molecule has 2 saturated heterocycles. The minimum absolute atomic E-state index is 0.0861. The van der Waals surface area contributed by atoms with Gasteiger partial charge in [0, 0.05) is 19.0 Å². The van der Waals surface area contributed by atoms with E-state index in [0.29, 0.717) is 11.3 Å². The summed E-state index contributed by atoms with van der Waals surface area (Å²) in [5.74, 6) is -0.379. The zero-order valence-corrected chi connectivity index (χ0v) is 14.9. The number of nitrogens with zero attached hydrogens (tertiary/aromatic N) is 2. The van der Waals surface area contributed by atoms with Crippen molar-refractivity contribution >= 4 is 23.4 Å². The number of rotatable bonds is 5. The molecule has 2 aliphatic heterocycles. The summed E-state index contributed by atoms with van der Waals surface area (Å²) in [6.45, 7) is 3.49. The summed E-state index contributed by atoms with van der Waals surface area (Å²) in [5, 5.41) is 2.76. The Morgan fingerprint density at radius 2 is 1.69 bits per heavy atom. The first-order chi connectivity index (χ1) is 12.5. The van der Waals surface area contributed by atoms with E-state index in [9.17, 15) is 14.4 Å². The number of nitrogens with one attached hydrogen (secondary N) is 1. The van der Waals surface area contributed by atoms with Crippen LogP contribution in [0.15, 0.2) is 24.3 Å². The van der Waals surface area contributed by atoms with Crippen LogP contribution in [-0.2, 0) is 9.59 Å². The average molecular weight is 358 g/mol. The van der Waals surface area contributed by atoms with Crippen LogP contribution in [0.1, 0.15) is 36.0 Å². The number of anilines is 1. The second-order valence-corrected chi connectivity index (χ2v) is 7.04. The van der Waals surface area contributed by atoms with Crippen molar-refractivity contribution in [2.24, 2.45) is 11.7 Å². The van der Waals surface area contributed by atoms with E-state index in [1.165, 1.54) is 0 Å². The Morgan fingerprint density at radius 1 is 1.04 bits per heavy atom. The van der Waals surface area contributed by atoms with Gasteiger partial charge in [-0.05, 0) is 50.9 Å². The van der Waals surface area contributed by atoms with Gasteiger partial charge in [-0.1, -0.05) is 12.1 Å². The summed E-state index contributed by atoms with van der Waals surface area (Å²) in [7, 11) is 0. The predicted octanol–water partition coefficient (Wildman–Crippen LogP) is 1.06. The van der Waals surface area contributed by atoms with E-state index in [2.05, 4.69) is 10.2 Å². The Labute approximate surface area is 153 Å². The molecule has 0 atom stereocenters. The quantitative estimate of drug-likeness (QED) is 0.823. The maximum atomic E-state index is 12.5. The number of piperidine rings is 1. The van der Waals surface area contributed by atoms with Crippen molar-refractivity contribution in [3.63, 3.8) is 0 Å². The van der Waals surface area contributed by atoms with Crippen molar-refractivity contribution in [1.82, 2.24) is 9.80 Å². The molecule has 140 valence electrons. The zero-order valence-electron chi connectivity index (χ0n) is 14.9. The molecule has 1 aromatic carbocycles. The first-order valence-corrected chi connectivity index (χ1v) is 9.24. The molecule has 7 nitrogen and oxygen atoms in total. The summed E-state index contributed by atoms with van der Waals surface area (Å²) in [6, 6.07) is 6.71. The number of para-hydroxylation sites is 1. The molecule has 3 amide bonds. The van der Waals surface area contributed by atoms with Gasteiger partial charge in [0.2, 0.25) is 11.8 Å². The lowest BCUT2D eigenvalue weighted by Crippen LogP contribution is -2.44. The highest BCUT2D eigenvalue weighted by Crippen LogP contribution is 2.22. The molecule has 3 rings (SSSR count). The molecular weight excluding hydrogens is 332 g/mol. The number of carbonyl (C=O) groups is 3. The minimum Gasteiger partial charge on any atom is -0.366 e. The highest BCUT2D eigenvalue weighted by Gasteiger charge is 2.30. The SMILES string of the molecule is NC(=O)c1ccccc1NC(=O)CN1CCC(C(=O)N2CCCC2)CC1. The summed E-state index contributed by atoms with van der Waals surface area (Å²) < 4.78 is 0. The number of amides is 3. The van der Waals surface area contributed by atoms with Gasteiger partial charge in [0.1, 0.15) is 0 Å². The second-order valence-electron chi connectivity index (χ2n) is 7.04. The van der Waals surface area contributed by atoms with Gasteiger partial charge in [-0.2, -0.15) is 0 Å². The summed E-state index contributed by atoms with van der Waals surface area (Å²) >= 11 is 0. The number of carbonyl (C=O) groups excluding carboxylic acids is 3. The molecule has 0 bridgehead atoms. The zero-order chi connectivity index (χ0) is 18.5. The Bertz CT molecular complexity index is 677. The van der Waals surface area contributed by atoms with Crippen LogP contribution < -0.4 is 11.1 Å². The topological polar surface area (TPSA) is 95.7 Å². The summed E-state index contributed by atoms with van der Waals surface area (Å²) in [6.07, 6.45) is 3.80. The standard InChI is InChI=1S/C19H26N4O3/c20-18(25)15-5-1-2-6-16(15)21-17(24)13-22-11-7-14(8-12-22)19(26)23-9-3-4-10-23/h1-2,5-6,14H,3-4,7-13H2,(H2,20,25)(H,21,24). The molecule has 0 spiro atoms. The Morgan fingerprint density at radius 3 is 2.35 bits per heavy atom. The third-order valence-corrected chi connectivity index (χ3v) is 5.19. The van der Waals surface area contributed by atoms with Crippen molar-refractivity contribution in [2.45, 2.75) is 25.7 Å². The van der Waals surface area contributed by atoms with Crippen LogP contribution >= 0.6 is 0 Å². The number of hydrogen-bond acceptors (Lipinski definition) is 4. The van der Waals surface area contributed by atoms with E-state index in [-0.39, 0.29) is 24.3 Å². The van der Waals surface area contributed by atoms with Crippen LogP contribution in [-0.4, -0.2) is 60.2 Å². The molecule has 2 fully saturated rings. The second kappa shape index (κ2) is 8.31. The van der Waals surface area contributed by atoms with Crippen LogP contribution in [0.2, 0.25) is 0 Å². The average Bonchev–Trinajstić information content (AvgIpc) is 3.16. The third-order valence-electron chi connectivity index (χ3n) is 5.19. The lowest BCUT2D eigenvalue weighted by molar-refractivity contribution is -0.136. The highest BCUT2D eigenvalue weighted by molar-refractivity contribution is 6.03. The van der Waals surface area contributed by atoms with Crippen LogP contribution in [0, 0.1) is 5.92 Å². The highest BCUT2D eigenvalue weighted by atomic mass is 16.2. The Balaban J connectivity index is 1.48. The normalized spacial score (nSPS) is 18.7. The van der Waals surface area contributed by atoms with Crippen molar-refractivity contribution in [1.29, 1.82) is 0 Å². The van der Waals surface area contributed by atoms with E-state index < -0.39 is 5.91 Å². The molecule has 1 aromatic rings. The number of likely N-dealkylation sites (tertiary alicyclic amines) is 2. The van der Waals surface area contributed by atoms with E-state index in [1.54, 1.807) is 24.3 Å². The maximum Gasteiger partial charge on any atom is 0.250 e. The number of hydrogen-bond donors (Lipinski definition) is 2. The van der Waals surface area contributed by atoms with Gasteiger partial charge in [-0.3, -0.25) is 19.3 Å². The molecule has 2 aliphatic rings. The summed E-state index contributed by atoms with van der Waals surface area (Å²) in [5.41, 5.74) is 6.07. The van der Waals surface area contributed by atoms with Crippen molar-refractivity contribution < 1.29 is 14.4 Å². The Kier molecular flexibility index (Phi) is 5.88. The van der Waals surface area contributed by atoms with Gasteiger partial charge in [0.25, 0.3) is 5.91 Å². The predicted molar refractivity (Wildman–Crippen MR) is 98.6 cm³/mol. The molecule has 7 heteroatoms. The fourth-order valence-corrected chi connectivity index (χ4v) is 3.73. The third kappa shape index (κ3) is 4.40. The van der Waals surface area contributed by atoms with E-state index in [4.69, 9.17) is 5.73 Å². The van der Waals surface area contributed by atoms with Gasteiger partial charge < -0.3 is 16.0 Å². The number of primary amides is 1. The number of benzene rings is 1. The minimum atomic E-state index is -0.567. The van der Waals surface area contributed by atoms with Crippen molar-refractivity contribution in [3.8, 4) is 0 Å². The van der Waals surface area contributed by atoms with Crippen LogP contribution in [0.4, 0.5) is 5.69 Å². The fraction of sp³-hybridized carbons (Fsp3) is 0.526. The molecule has 26 heavy (non-hydrogen) atoms. The molecule has 0 aliphatic carbocycles. The lowest BCUT2D eigenvalue weighted by Gasteiger charge is -2.32.